The number of hydrogen-bond acceptors (Lipinski definition) is 5. The van der Waals surface area contributed by atoms with Gasteiger partial charge in [-0.1, -0.05) is 30.3 Å². The molecule has 1 aromatic heterocycles. The zero-order valence-corrected chi connectivity index (χ0v) is 12.0. The number of hydrogen-bond donors (Lipinski definition) is 1. The van der Waals surface area contributed by atoms with Gasteiger partial charge in [0.2, 0.25) is 0 Å². The molecule has 19 heavy (non-hydrogen) atoms. The van der Waals surface area contributed by atoms with Gasteiger partial charge in [-0.3, -0.25) is 0 Å². The molecule has 2 rings (SSSR count). The smallest absolute Gasteiger partial charge is 0.163 e. The van der Waals surface area contributed by atoms with Gasteiger partial charge in [-0.2, -0.15) is 11.8 Å². The van der Waals surface area contributed by atoms with E-state index < -0.39 is 0 Å². The zero-order valence-electron chi connectivity index (χ0n) is 11.2. The van der Waals surface area contributed by atoms with E-state index in [2.05, 4.69) is 21.1 Å². The first kappa shape index (κ1) is 13.7. The highest BCUT2D eigenvalue weighted by atomic mass is 32.2. The summed E-state index contributed by atoms with van der Waals surface area (Å²) in [4.78, 5) is 11.0. The minimum Gasteiger partial charge on any atom is -0.384 e. The second-order valence-corrected chi connectivity index (χ2v) is 5.24. The second-order valence-electron chi connectivity index (χ2n) is 4.25. The van der Waals surface area contributed by atoms with Crippen molar-refractivity contribution in [3.8, 4) is 11.4 Å². The monoisotopic (exact) mass is 274 g/mol. The normalized spacial score (nSPS) is 10.4. The Balaban J connectivity index is 2.29. The molecule has 100 valence electrons. The Labute approximate surface area is 118 Å². The van der Waals surface area contributed by atoms with Crippen molar-refractivity contribution >= 4 is 23.4 Å². The van der Waals surface area contributed by atoms with Crippen LogP contribution in [0.5, 0.6) is 0 Å². The first-order chi connectivity index (χ1) is 9.20. The van der Waals surface area contributed by atoms with Gasteiger partial charge in [0.15, 0.2) is 5.82 Å². The van der Waals surface area contributed by atoms with Crippen LogP contribution >= 0.6 is 11.8 Å². The Morgan fingerprint density at radius 1 is 1.21 bits per heavy atom. The fraction of sp³-hybridized carbons (Fsp3) is 0.286. The van der Waals surface area contributed by atoms with E-state index in [0.717, 1.165) is 23.7 Å². The highest BCUT2D eigenvalue weighted by molar-refractivity contribution is 7.98. The van der Waals surface area contributed by atoms with Crippen molar-refractivity contribution in [2.45, 2.75) is 0 Å². The first-order valence-electron chi connectivity index (χ1n) is 6.11. The molecule has 0 aliphatic carbocycles. The number of thioether (sulfide) groups is 1. The van der Waals surface area contributed by atoms with Crippen molar-refractivity contribution in [1.82, 2.24) is 9.97 Å². The first-order valence-corrected chi connectivity index (χ1v) is 7.50. The van der Waals surface area contributed by atoms with E-state index in [1.165, 1.54) is 0 Å². The van der Waals surface area contributed by atoms with Crippen molar-refractivity contribution in [2.75, 3.05) is 36.2 Å². The lowest BCUT2D eigenvalue weighted by Crippen LogP contribution is -2.22. The zero-order chi connectivity index (χ0) is 13.7. The van der Waals surface area contributed by atoms with Crippen molar-refractivity contribution in [3.05, 3.63) is 36.4 Å². The van der Waals surface area contributed by atoms with Crippen LogP contribution in [0.25, 0.3) is 11.4 Å². The fourth-order valence-corrected chi connectivity index (χ4v) is 2.16. The summed E-state index contributed by atoms with van der Waals surface area (Å²) in [5.41, 5.74) is 6.86. The summed E-state index contributed by atoms with van der Waals surface area (Å²) in [6, 6.07) is 11.7. The number of nitrogen functional groups attached to an aromatic ring is 1. The number of nitrogens with zero attached hydrogens (tertiary/aromatic N) is 3. The molecule has 0 atom stereocenters. The van der Waals surface area contributed by atoms with Crippen molar-refractivity contribution in [2.24, 2.45) is 0 Å². The Hall–Kier alpha value is -1.75. The summed E-state index contributed by atoms with van der Waals surface area (Å²) < 4.78 is 0. The van der Waals surface area contributed by atoms with Crippen LogP contribution in [-0.2, 0) is 0 Å². The third-order valence-corrected chi connectivity index (χ3v) is 3.38. The van der Waals surface area contributed by atoms with E-state index >= 15 is 0 Å². The second kappa shape index (κ2) is 6.43. The SMILES string of the molecule is CSCCN(C)c1cc(N)nc(-c2ccccc2)n1. The largest absolute Gasteiger partial charge is 0.384 e. The van der Waals surface area contributed by atoms with Crippen LogP contribution in [0.4, 0.5) is 11.6 Å². The van der Waals surface area contributed by atoms with Crippen LogP contribution < -0.4 is 10.6 Å². The van der Waals surface area contributed by atoms with E-state index in [4.69, 9.17) is 5.73 Å². The van der Waals surface area contributed by atoms with Crippen molar-refractivity contribution in [1.29, 1.82) is 0 Å². The number of aromatic nitrogens is 2. The molecule has 0 unspecified atom stereocenters. The molecule has 0 radical (unpaired) electrons. The molecular weight excluding hydrogens is 256 g/mol. The fourth-order valence-electron chi connectivity index (χ4n) is 1.71. The van der Waals surface area contributed by atoms with Crippen molar-refractivity contribution < 1.29 is 0 Å². The van der Waals surface area contributed by atoms with E-state index in [9.17, 15) is 0 Å². The van der Waals surface area contributed by atoms with E-state index in [0.29, 0.717) is 11.6 Å². The minimum absolute atomic E-state index is 0.500. The molecule has 0 aliphatic heterocycles. The standard InChI is InChI=1S/C14H18N4S/c1-18(8-9-19-2)13-10-12(15)16-14(17-13)11-6-4-3-5-7-11/h3-7,10H,8-9H2,1-2H3,(H2,15,16,17). The Morgan fingerprint density at radius 2 is 1.95 bits per heavy atom. The van der Waals surface area contributed by atoms with E-state index in [1.807, 2.05) is 55.2 Å². The molecule has 0 bridgehead atoms. The molecule has 0 saturated heterocycles. The van der Waals surface area contributed by atoms with Gasteiger partial charge in [-0.25, -0.2) is 9.97 Å². The lowest BCUT2D eigenvalue weighted by molar-refractivity contribution is 0.940. The van der Waals surface area contributed by atoms with Gasteiger partial charge in [0.25, 0.3) is 0 Å². The number of benzene rings is 1. The molecule has 2 N–H and O–H groups in total. The topological polar surface area (TPSA) is 55.0 Å². The molecule has 0 fully saturated rings. The predicted octanol–water partition coefficient (Wildman–Crippen LogP) is 2.53. The van der Waals surface area contributed by atoms with Gasteiger partial charge in [0.1, 0.15) is 11.6 Å². The van der Waals surface area contributed by atoms with Crippen LogP contribution in [0.15, 0.2) is 36.4 Å². The average molecular weight is 274 g/mol. The van der Waals surface area contributed by atoms with Gasteiger partial charge < -0.3 is 10.6 Å². The van der Waals surface area contributed by atoms with Gasteiger partial charge in [0, 0.05) is 31.0 Å². The average Bonchev–Trinajstić information content (AvgIpc) is 2.45. The minimum atomic E-state index is 0.500. The van der Waals surface area contributed by atoms with Gasteiger partial charge in [-0.15, -0.1) is 0 Å². The summed E-state index contributed by atoms with van der Waals surface area (Å²) in [6.07, 6.45) is 2.09. The number of anilines is 2. The Bertz CT molecular complexity index is 530. The lowest BCUT2D eigenvalue weighted by atomic mass is 10.2. The summed E-state index contributed by atoms with van der Waals surface area (Å²) in [5.74, 6) is 3.09. The molecule has 0 spiro atoms. The maximum atomic E-state index is 5.88. The maximum absolute atomic E-state index is 5.88. The molecule has 4 nitrogen and oxygen atoms in total. The summed E-state index contributed by atoms with van der Waals surface area (Å²) in [5, 5.41) is 0. The van der Waals surface area contributed by atoms with Crippen LogP contribution in [0.1, 0.15) is 0 Å². The summed E-state index contributed by atoms with van der Waals surface area (Å²) in [6.45, 7) is 0.936. The molecule has 0 saturated carbocycles. The molecular formula is C14H18N4S. The Kier molecular flexibility index (Phi) is 4.63. The van der Waals surface area contributed by atoms with Crippen LogP contribution in [0.3, 0.4) is 0 Å². The van der Waals surface area contributed by atoms with Gasteiger partial charge in [-0.05, 0) is 6.26 Å². The predicted molar refractivity (Wildman–Crippen MR) is 83.5 cm³/mol. The van der Waals surface area contributed by atoms with Gasteiger partial charge >= 0.3 is 0 Å². The third kappa shape index (κ3) is 3.61. The molecule has 1 heterocycles. The van der Waals surface area contributed by atoms with E-state index in [1.54, 1.807) is 0 Å². The van der Waals surface area contributed by atoms with Crippen LogP contribution in [0.2, 0.25) is 0 Å². The third-order valence-electron chi connectivity index (χ3n) is 2.79. The maximum Gasteiger partial charge on any atom is 0.163 e. The molecule has 0 amide bonds. The summed E-state index contributed by atoms with van der Waals surface area (Å²) >= 11 is 1.81. The number of nitrogens with two attached hydrogens (primary N) is 1. The highest BCUT2D eigenvalue weighted by Crippen LogP contribution is 2.20. The van der Waals surface area contributed by atoms with Crippen molar-refractivity contribution in [3.63, 3.8) is 0 Å². The molecule has 5 heteroatoms. The Morgan fingerprint density at radius 3 is 2.63 bits per heavy atom. The number of rotatable bonds is 5. The van der Waals surface area contributed by atoms with E-state index in [-0.39, 0.29) is 0 Å². The van der Waals surface area contributed by atoms with Crippen LogP contribution in [-0.4, -0.2) is 35.6 Å². The van der Waals surface area contributed by atoms with Crippen LogP contribution in [0, 0.1) is 0 Å². The quantitative estimate of drug-likeness (QED) is 0.908. The summed E-state index contributed by atoms with van der Waals surface area (Å²) in [7, 11) is 2.02. The highest BCUT2D eigenvalue weighted by Gasteiger charge is 2.08. The molecule has 0 aliphatic rings. The van der Waals surface area contributed by atoms with Gasteiger partial charge in [0.05, 0.1) is 0 Å². The molecule has 2 aromatic rings. The molecule has 1 aromatic carbocycles. The lowest BCUT2D eigenvalue weighted by Gasteiger charge is -2.18.